The largest absolute Gasteiger partial charge is 0.383 e. The van der Waals surface area contributed by atoms with Crippen molar-refractivity contribution < 1.29 is 17.9 Å². The Labute approximate surface area is 126 Å². The summed E-state index contributed by atoms with van der Waals surface area (Å²) in [7, 11) is -2.01. The van der Waals surface area contributed by atoms with Gasteiger partial charge in [0.05, 0.1) is 11.5 Å². The highest BCUT2D eigenvalue weighted by Crippen LogP contribution is 2.16. The molecule has 0 saturated heterocycles. The molecule has 0 aliphatic heterocycles. The Balaban J connectivity index is 2.97. The van der Waals surface area contributed by atoms with Crippen LogP contribution in [0.2, 0.25) is 0 Å². The van der Waals surface area contributed by atoms with Crippen molar-refractivity contribution in [2.75, 3.05) is 33.4 Å². The monoisotopic (exact) mass is 314 g/mol. The number of nitrogens with zero attached hydrogens (tertiary/aromatic N) is 1. The van der Waals surface area contributed by atoms with Crippen LogP contribution in [0.4, 0.5) is 0 Å². The molecule has 1 rings (SSSR count). The summed E-state index contributed by atoms with van der Waals surface area (Å²) in [6.45, 7) is 5.13. The second-order valence-electron chi connectivity index (χ2n) is 4.37. The average Bonchev–Trinajstić information content (AvgIpc) is 2.48. The summed E-state index contributed by atoms with van der Waals surface area (Å²) in [6.07, 6.45) is 0. The number of carbonyl (C=O) groups is 1. The van der Waals surface area contributed by atoms with Crippen molar-refractivity contribution in [2.24, 2.45) is 0 Å². The minimum Gasteiger partial charge on any atom is -0.383 e. The lowest BCUT2D eigenvalue weighted by atomic mass is 10.2. The molecule has 0 aliphatic carbocycles. The number of sulfonamides is 1. The fourth-order valence-corrected chi connectivity index (χ4v) is 3.38. The quantitative estimate of drug-likeness (QED) is 0.729. The first-order valence-electron chi connectivity index (χ1n) is 6.84. The van der Waals surface area contributed by atoms with E-state index in [0.29, 0.717) is 31.8 Å². The van der Waals surface area contributed by atoms with E-state index >= 15 is 0 Å². The van der Waals surface area contributed by atoms with E-state index in [2.05, 4.69) is 5.32 Å². The van der Waals surface area contributed by atoms with Crippen LogP contribution < -0.4 is 5.32 Å². The van der Waals surface area contributed by atoms with E-state index in [0.717, 1.165) is 0 Å². The molecule has 0 heterocycles. The summed E-state index contributed by atoms with van der Waals surface area (Å²) in [5.41, 5.74) is 0.319. The van der Waals surface area contributed by atoms with E-state index in [-0.39, 0.29) is 10.8 Å². The number of amides is 1. The van der Waals surface area contributed by atoms with Crippen LogP contribution in [-0.4, -0.2) is 52.0 Å². The fourth-order valence-electron chi connectivity index (χ4n) is 1.88. The average molecular weight is 314 g/mol. The maximum Gasteiger partial charge on any atom is 0.251 e. The van der Waals surface area contributed by atoms with Gasteiger partial charge in [-0.25, -0.2) is 8.42 Å². The molecule has 7 heteroatoms. The SMILES string of the molecule is CCN(CC)S(=O)(=O)c1cccc(C(=O)NCCOC)c1. The van der Waals surface area contributed by atoms with Crippen LogP contribution in [0.25, 0.3) is 0 Å². The lowest BCUT2D eigenvalue weighted by Crippen LogP contribution is -2.31. The lowest BCUT2D eigenvalue weighted by Gasteiger charge is -2.18. The number of ether oxygens (including phenoxy) is 1. The number of rotatable bonds is 8. The molecule has 21 heavy (non-hydrogen) atoms. The molecule has 1 aromatic rings. The fraction of sp³-hybridized carbons (Fsp3) is 0.500. The third-order valence-corrected chi connectivity index (χ3v) is 5.08. The normalized spacial score (nSPS) is 11.6. The Kier molecular flexibility index (Phi) is 6.80. The zero-order chi connectivity index (χ0) is 15.9. The van der Waals surface area contributed by atoms with Gasteiger partial charge in [0.1, 0.15) is 0 Å². The predicted octanol–water partition coefficient (Wildman–Crippen LogP) is 1.09. The van der Waals surface area contributed by atoms with Gasteiger partial charge in [0.25, 0.3) is 5.91 Å². The summed E-state index contributed by atoms with van der Waals surface area (Å²) in [5, 5.41) is 2.66. The Morgan fingerprint density at radius 1 is 1.29 bits per heavy atom. The van der Waals surface area contributed by atoms with Crippen LogP contribution in [0.5, 0.6) is 0 Å². The van der Waals surface area contributed by atoms with Gasteiger partial charge in [-0.3, -0.25) is 4.79 Å². The Bertz CT molecular complexity index is 568. The van der Waals surface area contributed by atoms with Crippen molar-refractivity contribution in [1.29, 1.82) is 0 Å². The van der Waals surface area contributed by atoms with E-state index in [4.69, 9.17) is 4.74 Å². The second kappa shape index (κ2) is 8.11. The standard InChI is InChI=1S/C14H22N2O4S/c1-4-16(5-2)21(18,19)13-8-6-7-12(11-13)14(17)15-9-10-20-3/h6-8,11H,4-5,9-10H2,1-3H3,(H,15,17). The zero-order valence-corrected chi connectivity index (χ0v) is 13.4. The summed E-state index contributed by atoms with van der Waals surface area (Å²) < 4.78 is 31.0. The van der Waals surface area contributed by atoms with Crippen LogP contribution in [0.1, 0.15) is 24.2 Å². The third kappa shape index (κ3) is 4.52. The van der Waals surface area contributed by atoms with Crippen molar-refractivity contribution in [3.63, 3.8) is 0 Å². The minimum atomic E-state index is -3.55. The van der Waals surface area contributed by atoms with Crippen LogP contribution in [0.3, 0.4) is 0 Å². The molecule has 0 radical (unpaired) electrons. The predicted molar refractivity (Wildman–Crippen MR) is 80.8 cm³/mol. The van der Waals surface area contributed by atoms with Crippen molar-refractivity contribution in [1.82, 2.24) is 9.62 Å². The van der Waals surface area contributed by atoms with Crippen LogP contribution >= 0.6 is 0 Å². The summed E-state index contributed by atoms with van der Waals surface area (Å²) in [4.78, 5) is 12.1. The minimum absolute atomic E-state index is 0.130. The number of hydrogen-bond donors (Lipinski definition) is 1. The highest BCUT2D eigenvalue weighted by molar-refractivity contribution is 7.89. The molecule has 0 unspecified atom stereocenters. The Morgan fingerprint density at radius 2 is 1.95 bits per heavy atom. The first kappa shape index (κ1) is 17.6. The van der Waals surface area contributed by atoms with Gasteiger partial charge in [0, 0.05) is 32.3 Å². The molecule has 1 N–H and O–H groups in total. The number of benzene rings is 1. The number of methoxy groups -OCH3 is 1. The molecule has 0 aromatic heterocycles. The van der Waals surface area contributed by atoms with Crippen LogP contribution in [0.15, 0.2) is 29.2 Å². The van der Waals surface area contributed by atoms with Gasteiger partial charge in [-0.15, -0.1) is 0 Å². The molecule has 6 nitrogen and oxygen atoms in total. The molecular weight excluding hydrogens is 292 g/mol. The Hall–Kier alpha value is -1.44. The van der Waals surface area contributed by atoms with Crippen molar-refractivity contribution >= 4 is 15.9 Å². The van der Waals surface area contributed by atoms with E-state index in [9.17, 15) is 13.2 Å². The molecule has 0 spiro atoms. The van der Waals surface area contributed by atoms with Gasteiger partial charge in [0.2, 0.25) is 10.0 Å². The first-order chi connectivity index (χ1) is 9.97. The van der Waals surface area contributed by atoms with E-state index in [1.165, 1.54) is 16.4 Å². The number of hydrogen-bond acceptors (Lipinski definition) is 4. The number of nitrogens with one attached hydrogen (secondary N) is 1. The van der Waals surface area contributed by atoms with E-state index in [1.807, 2.05) is 0 Å². The highest BCUT2D eigenvalue weighted by atomic mass is 32.2. The van der Waals surface area contributed by atoms with Gasteiger partial charge in [-0.05, 0) is 18.2 Å². The first-order valence-corrected chi connectivity index (χ1v) is 8.28. The topological polar surface area (TPSA) is 75.7 Å². The van der Waals surface area contributed by atoms with Gasteiger partial charge >= 0.3 is 0 Å². The number of carbonyl (C=O) groups excluding carboxylic acids is 1. The van der Waals surface area contributed by atoms with E-state index < -0.39 is 10.0 Å². The molecule has 1 amide bonds. The zero-order valence-electron chi connectivity index (χ0n) is 12.6. The molecule has 0 bridgehead atoms. The Morgan fingerprint density at radius 3 is 2.52 bits per heavy atom. The van der Waals surface area contributed by atoms with Crippen LogP contribution in [0, 0.1) is 0 Å². The second-order valence-corrected chi connectivity index (χ2v) is 6.30. The van der Waals surface area contributed by atoms with Gasteiger partial charge in [0.15, 0.2) is 0 Å². The van der Waals surface area contributed by atoms with Crippen molar-refractivity contribution in [2.45, 2.75) is 18.7 Å². The maximum atomic E-state index is 12.4. The summed E-state index contributed by atoms with van der Waals surface area (Å²) in [5.74, 6) is -0.316. The molecule has 1 aromatic carbocycles. The van der Waals surface area contributed by atoms with E-state index in [1.54, 1.807) is 33.1 Å². The maximum absolute atomic E-state index is 12.4. The third-order valence-electron chi connectivity index (χ3n) is 3.03. The van der Waals surface area contributed by atoms with Gasteiger partial charge < -0.3 is 10.1 Å². The van der Waals surface area contributed by atoms with Gasteiger partial charge in [-0.1, -0.05) is 19.9 Å². The molecular formula is C14H22N2O4S. The molecule has 0 fully saturated rings. The molecule has 0 atom stereocenters. The van der Waals surface area contributed by atoms with Crippen LogP contribution in [-0.2, 0) is 14.8 Å². The summed E-state index contributed by atoms with van der Waals surface area (Å²) in [6, 6.07) is 6.06. The van der Waals surface area contributed by atoms with Crippen molar-refractivity contribution in [3.05, 3.63) is 29.8 Å². The molecule has 118 valence electrons. The smallest absolute Gasteiger partial charge is 0.251 e. The molecule has 0 aliphatic rings. The summed E-state index contributed by atoms with van der Waals surface area (Å²) >= 11 is 0. The highest BCUT2D eigenvalue weighted by Gasteiger charge is 2.22. The van der Waals surface area contributed by atoms with Gasteiger partial charge in [-0.2, -0.15) is 4.31 Å². The lowest BCUT2D eigenvalue weighted by molar-refractivity contribution is 0.0937. The molecule has 0 saturated carbocycles. The van der Waals surface area contributed by atoms with Crippen molar-refractivity contribution in [3.8, 4) is 0 Å².